The quantitative estimate of drug-likeness (QED) is 0.671. The van der Waals surface area contributed by atoms with E-state index in [4.69, 9.17) is 4.74 Å². The summed E-state index contributed by atoms with van der Waals surface area (Å²) in [4.78, 5) is 11.5. The van der Waals surface area contributed by atoms with Crippen molar-refractivity contribution in [2.24, 2.45) is 5.92 Å². The number of nitrogens with one attached hydrogen (secondary N) is 3. The van der Waals surface area contributed by atoms with Crippen molar-refractivity contribution in [2.75, 3.05) is 7.11 Å². The Labute approximate surface area is 140 Å². The topological polar surface area (TPSA) is 96.5 Å². The molecule has 1 aromatic rings. The summed E-state index contributed by atoms with van der Waals surface area (Å²) in [6.07, 6.45) is 1.78. The predicted octanol–water partition coefficient (Wildman–Crippen LogP) is 0.291. The lowest BCUT2D eigenvalue weighted by atomic mass is 9.79. The fourth-order valence-electron chi connectivity index (χ4n) is 3.47. The van der Waals surface area contributed by atoms with Gasteiger partial charge in [0.1, 0.15) is 16.8 Å². The van der Waals surface area contributed by atoms with E-state index < -0.39 is 21.9 Å². The highest BCUT2D eigenvalue weighted by molar-refractivity contribution is 7.89. The summed E-state index contributed by atoms with van der Waals surface area (Å²) in [5.41, 5.74) is 5.97. The molecule has 132 valence electrons. The van der Waals surface area contributed by atoms with E-state index in [1.165, 1.54) is 25.3 Å². The number of ether oxygens (including phenoxy) is 1. The van der Waals surface area contributed by atoms with Crippen molar-refractivity contribution in [1.82, 2.24) is 15.6 Å². The highest BCUT2D eigenvalue weighted by Gasteiger charge is 2.44. The second-order valence-corrected chi connectivity index (χ2v) is 7.80. The van der Waals surface area contributed by atoms with Gasteiger partial charge in [0.2, 0.25) is 10.0 Å². The number of carbonyl (C=O) groups excluding carboxylic acids is 1. The molecular formula is C15H20FN3O4S. The number of benzene rings is 1. The lowest BCUT2D eigenvalue weighted by Gasteiger charge is -2.32. The molecule has 3 N–H and O–H groups in total. The van der Waals surface area contributed by atoms with Crippen molar-refractivity contribution in [3.05, 3.63) is 30.1 Å². The number of hydrogen-bond acceptors (Lipinski definition) is 6. The molecule has 0 spiro atoms. The fraction of sp³-hybridized carbons (Fsp3) is 0.533. The molecule has 1 heterocycles. The zero-order valence-corrected chi connectivity index (χ0v) is 14.0. The molecule has 1 saturated heterocycles. The summed E-state index contributed by atoms with van der Waals surface area (Å²) >= 11 is 0. The highest BCUT2D eigenvalue weighted by atomic mass is 32.2. The van der Waals surface area contributed by atoms with Gasteiger partial charge in [-0.05, 0) is 31.4 Å². The molecule has 1 aliphatic carbocycles. The van der Waals surface area contributed by atoms with Crippen LogP contribution in [-0.2, 0) is 19.6 Å². The molecule has 0 amide bonds. The molecule has 4 atom stereocenters. The first-order chi connectivity index (χ1) is 11.4. The van der Waals surface area contributed by atoms with Crippen molar-refractivity contribution >= 4 is 16.0 Å². The first-order valence-corrected chi connectivity index (χ1v) is 9.26. The molecule has 3 rings (SSSR count). The van der Waals surface area contributed by atoms with E-state index in [1.807, 2.05) is 0 Å². The van der Waals surface area contributed by atoms with Crippen molar-refractivity contribution < 1.29 is 22.3 Å². The van der Waals surface area contributed by atoms with Crippen LogP contribution in [0.1, 0.15) is 19.3 Å². The minimum absolute atomic E-state index is 0.0838. The Morgan fingerprint density at radius 1 is 1.29 bits per heavy atom. The molecule has 1 aliphatic heterocycles. The standard InChI is InChI=1S/C15H20FN3O4S/c1-23-15(20)14-10-8-9(6-7-12(10)17-18-14)19-24(21,22)13-5-3-2-4-11(13)16/h2-5,9-10,12,14,17-19H,6-8H2,1H3. The Morgan fingerprint density at radius 3 is 2.75 bits per heavy atom. The number of fused-ring (bicyclic) bond motifs is 1. The molecule has 0 aromatic heterocycles. The summed E-state index contributed by atoms with van der Waals surface area (Å²) in [5.74, 6) is -1.25. The van der Waals surface area contributed by atoms with E-state index in [-0.39, 0.29) is 28.9 Å². The van der Waals surface area contributed by atoms with Crippen LogP contribution in [0.2, 0.25) is 0 Å². The van der Waals surface area contributed by atoms with Crippen LogP contribution in [-0.4, -0.2) is 39.6 Å². The van der Waals surface area contributed by atoms with E-state index in [0.717, 1.165) is 6.07 Å². The van der Waals surface area contributed by atoms with Crippen LogP contribution in [0, 0.1) is 11.7 Å². The Bertz CT molecular complexity index is 727. The summed E-state index contributed by atoms with van der Waals surface area (Å²) < 4.78 is 45.9. The number of sulfonamides is 1. The van der Waals surface area contributed by atoms with Gasteiger partial charge in [0, 0.05) is 18.0 Å². The summed E-state index contributed by atoms with van der Waals surface area (Å²) in [6, 6.07) is 4.49. The Kier molecular flexibility index (Phi) is 4.86. The Morgan fingerprint density at radius 2 is 2.04 bits per heavy atom. The molecule has 0 radical (unpaired) electrons. The third-order valence-electron chi connectivity index (χ3n) is 4.66. The largest absolute Gasteiger partial charge is 0.468 e. The normalized spacial score (nSPS) is 29.9. The number of methoxy groups -OCH3 is 1. The minimum Gasteiger partial charge on any atom is -0.468 e. The molecule has 7 nitrogen and oxygen atoms in total. The smallest absolute Gasteiger partial charge is 0.324 e. The van der Waals surface area contributed by atoms with Gasteiger partial charge in [-0.3, -0.25) is 10.2 Å². The monoisotopic (exact) mass is 357 g/mol. The third kappa shape index (κ3) is 3.30. The van der Waals surface area contributed by atoms with Crippen LogP contribution in [0.15, 0.2) is 29.2 Å². The van der Waals surface area contributed by atoms with Crippen LogP contribution in [0.3, 0.4) is 0 Å². The first-order valence-electron chi connectivity index (χ1n) is 7.78. The fourth-order valence-corrected chi connectivity index (χ4v) is 4.83. The molecule has 1 aromatic carbocycles. The SMILES string of the molecule is COC(=O)C1NNC2CCC(NS(=O)(=O)c3ccccc3F)CC21. The maximum Gasteiger partial charge on any atom is 0.324 e. The van der Waals surface area contributed by atoms with E-state index in [9.17, 15) is 17.6 Å². The maximum absolute atomic E-state index is 13.8. The van der Waals surface area contributed by atoms with E-state index in [0.29, 0.717) is 19.3 Å². The summed E-state index contributed by atoms with van der Waals surface area (Å²) in [5, 5.41) is 0. The Hall–Kier alpha value is -1.55. The molecule has 1 saturated carbocycles. The van der Waals surface area contributed by atoms with Crippen LogP contribution in [0.4, 0.5) is 4.39 Å². The van der Waals surface area contributed by atoms with Crippen molar-refractivity contribution in [3.63, 3.8) is 0 Å². The maximum atomic E-state index is 13.8. The van der Waals surface area contributed by atoms with Gasteiger partial charge >= 0.3 is 5.97 Å². The number of halogens is 1. The van der Waals surface area contributed by atoms with Gasteiger partial charge in [-0.1, -0.05) is 12.1 Å². The van der Waals surface area contributed by atoms with E-state index in [1.54, 1.807) is 0 Å². The Balaban J connectivity index is 1.73. The average Bonchev–Trinajstić information content (AvgIpc) is 2.97. The number of carbonyl (C=O) groups is 1. The zero-order chi connectivity index (χ0) is 17.3. The molecule has 2 fully saturated rings. The molecule has 24 heavy (non-hydrogen) atoms. The molecular weight excluding hydrogens is 337 g/mol. The summed E-state index contributed by atoms with van der Waals surface area (Å²) in [7, 11) is -2.63. The minimum atomic E-state index is -3.94. The molecule has 0 bridgehead atoms. The van der Waals surface area contributed by atoms with E-state index >= 15 is 0 Å². The number of rotatable bonds is 4. The first kappa shape index (κ1) is 17.3. The molecule has 2 aliphatic rings. The lowest BCUT2D eigenvalue weighted by molar-refractivity contribution is -0.144. The number of hydrogen-bond donors (Lipinski definition) is 3. The van der Waals surface area contributed by atoms with Gasteiger partial charge in [0.15, 0.2) is 0 Å². The van der Waals surface area contributed by atoms with Gasteiger partial charge in [0.25, 0.3) is 0 Å². The number of esters is 1. The second kappa shape index (κ2) is 6.75. The molecule has 9 heteroatoms. The third-order valence-corrected chi connectivity index (χ3v) is 6.21. The van der Waals surface area contributed by atoms with Gasteiger partial charge in [-0.2, -0.15) is 0 Å². The van der Waals surface area contributed by atoms with Gasteiger partial charge in [0.05, 0.1) is 7.11 Å². The summed E-state index contributed by atoms with van der Waals surface area (Å²) in [6.45, 7) is 0. The molecule has 4 unspecified atom stereocenters. The second-order valence-electron chi connectivity index (χ2n) is 6.12. The number of hydrazine groups is 1. The van der Waals surface area contributed by atoms with E-state index in [2.05, 4.69) is 15.6 Å². The lowest BCUT2D eigenvalue weighted by Crippen LogP contribution is -2.46. The van der Waals surface area contributed by atoms with Crippen LogP contribution in [0.25, 0.3) is 0 Å². The van der Waals surface area contributed by atoms with Crippen molar-refractivity contribution in [1.29, 1.82) is 0 Å². The van der Waals surface area contributed by atoms with Crippen molar-refractivity contribution in [2.45, 2.75) is 42.3 Å². The average molecular weight is 357 g/mol. The van der Waals surface area contributed by atoms with Gasteiger partial charge in [-0.25, -0.2) is 23.0 Å². The van der Waals surface area contributed by atoms with Crippen molar-refractivity contribution in [3.8, 4) is 0 Å². The van der Waals surface area contributed by atoms with Crippen LogP contribution >= 0.6 is 0 Å². The highest BCUT2D eigenvalue weighted by Crippen LogP contribution is 2.31. The van der Waals surface area contributed by atoms with Crippen LogP contribution in [0.5, 0.6) is 0 Å². The van der Waals surface area contributed by atoms with Gasteiger partial charge < -0.3 is 4.74 Å². The van der Waals surface area contributed by atoms with Gasteiger partial charge in [-0.15, -0.1) is 0 Å². The van der Waals surface area contributed by atoms with Crippen LogP contribution < -0.4 is 15.6 Å². The predicted molar refractivity (Wildman–Crippen MR) is 83.7 cm³/mol. The zero-order valence-electron chi connectivity index (χ0n) is 13.2.